The second-order valence-electron chi connectivity index (χ2n) is 3.76. The zero-order valence-electron chi connectivity index (χ0n) is 10.1. The summed E-state index contributed by atoms with van der Waals surface area (Å²) in [5.41, 5.74) is 9.55. The van der Waals surface area contributed by atoms with Crippen molar-refractivity contribution in [2.45, 2.75) is 6.92 Å². The van der Waals surface area contributed by atoms with Gasteiger partial charge in [0, 0.05) is 10.9 Å². The van der Waals surface area contributed by atoms with Crippen molar-refractivity contribution in [1.29, 1.82) is 0 Å². The highest BCUT2D eigenvalue weighted by atomic mass is 32.1. The van der Waals surface area contributed by atoms with Crippen LogP contribution in [-0.2, 0) is 0 Å². The molecule has 0 aliphatic heterocycles. The van der Waals surface area contributed by atoms with Gasteiger partial charge in [-0.3, -0.25) is 4.79 Å². The van der Waals surface area contributed by atoms with Gasteiger partial charge in [-0.05, 0) is 31.2 Å². The van der Waals surface area contributed by atoms with Crippen LogP contribution in [0.4, 0.5) is 5.13 Å². The maximum absolute atomic E-state index is 11.8. The smallest absolute Gasteiger partial charge is 0.271 e. The molecule has 0 aliphatic carbocycles. The quantitative estimate of drug-likeness (QED) is 0.585. The highest BCUT2D eigenvalue weighted by molar-refractivity contribution is 7.13. The predicted octanol–water partition coefficient (Wildman–Crippen LogP) is 1.58. The summed E-state index contributed by atoms with van der Waals surface area (Å²) in [6.07, 6.45) is 0. The lowest BCUT2D eigenvalue weighted by atomic mass is 10.2. The largest absolute Gasteiger partial charge is 0.508 e. The molecule has 0 atom stereocenters. The van der Waals surface area contributed by atoms with E-state index in [1.807, 2.05) is 0 Å². The standard InChI is InChI=1S/C12H12N4O2S/c1-7(10-6-19-12(13)14-10)15-16-11(18)8-2-4-9(17)5-3-8/h2-6,17H,1H3,(H2,13,14)(H,16,18). The second-order valence-corrected chi connectivity index (χ2v) is 4.65. The summed E-state index contributed by atoms with van der Waals surface area (Å²) in [5.74, 6) is -0.253. The van der Waals surface area contributed by atoms with E-state index >= 15 is 0 Å². The maximum atomic E-state index is 11.8. The van der Waals surface area contributed by atoms with Crippen LogP contribution in [0.5, 0.6) is 5.75 Å². The molecule has 0 fully saturated rings. The third-order valence-corrected chi connectivity index (χ3v) is 3.02. The maximum Gasteiger partial charge on any atom is 0.271 e. The fourth-order valence-corrected chi connectivity index (χ4v) is 1.93. The summed E-state index contributed by atoms with van der Waals surface area (Å²) in [7, 11) is 0. The summed E-state index contributed by atoms with van der Waals surface area (Å²) in [5, 5.41) is 15.3. The molecule has 98 valence electrons. The number of phenolic OH excluding ortho intramolecular Hbond substituents is 1. The average Bonchev–Trinajstić information content (AvgIpc) is 2.83. The van der Waals surface area contributed by atoms with E-state index in [1.165, 1.54) is 35.6 Å². The fraction of sp³-hybridized carbons (Fsp3) is 0.0833. The van der Waals surface area contributed by atoms with E-state index in [0.717, 1.165) is 0 Å². The molecule has 4 N–H and O–H groups in total. The SMILES string of the molecule is CC(=NNC(=O)c1ccc(O)cc1)c1csc(N)n1. The molecular weight excluding hydrogens is 264 g/mol. The van der Waals surface area contributed by atoms with Crippen molar-refractivity contribution in [3.05, 3.63) is 40.9 Å². The Hall–Kier alpha value is -2.41. The lowest BCUT2D eigenvalue weighted by molar-refractivity contribution is 0.0955. The van der Waals surface area contributed by atoms with E-state index in [2.05, 4.69) is 15.5 Å². The van der Waals surface area contributed by atoms with Crippen LogP contribution in [0.15, 0.2) is 34.7 Å². The molecule has 6 nitrogen and oxygen atoms in total. The summed E-state index contributed by atoms with van der Waals surface area (Å²) in [6.45, 7) is 1.73. The van der Waals surface area contributed by atoms with Crippen LogP contribution in [-0.4, -0.2) is 21.7 Å². The minimum Gasteiger partial charge on any atom is -0.508 e. The number of aromatic hydroxyl groups is 1. The topological polar surface area (TPSA) is 101 Å². The van der Waals surface area contributed by atoms with Crippen molar-refractivity contribution >= 4 is 28.1 Å². The predicted molar refractivity (Wildman–Crippen MR) is 74.3 cm³/mol. The van der Waals surface area contributed by atoms with Gasteiger partial charge in [0.05, 0.1) is 11.4 Å². The number of nitrogen functional groups attached to an aromatic ring is 1. The van der Waals surface area contributed by atoms with Gasteiger partial charge in [0.25, 0.3) is 5.91 Å². The minimum atomic E-state index is -0.359. The molecular formula is C12H12N4O2S. The number of benzene rings is 1. The summed E-state index contributed by atoms with van der Waals surface area (Å²) in [6, 6.07) is 5.89. The van der Waals surface area contributed by atoms with E-state index in [4.69, 9.17) is 10.8 Å². The number of hydrazone groups is 1. The van der Waals surface area contributed by atoms with Crippen molar-refractivity contribution in [2.75, 3.05) is 5.73 Å². The Bertz CT molecular complexity index is 619. The van der Waals surface area contributed by atoms with Gasteiger partial charge in [-0.25, -0.2) is 10.4 Å². The Morgan fingerprint density at radius 2 is 2.11 bits per heavy atom. The Kier molecular flexibility index (Phi) is 3.76. The minimum absolute atomic E-state index is 0.106. The molecule has 0 bridgehead atoms. The Balaban J connectivity index is 2.05. The number of hydrogen-bond acceptors (Lipinski definition) is 6. The van der Waals surface area contributed by atoms with Crippen molar-refractivity contribution in [1.82, 2.24) is 10.4 Å². The highest BCUT2D eigenvalue weighted by Crippen LogP contribution is 2.12. The molecule has 2 rings (SSSR count). The Labute approximate surface area is 113 Å². The van der Waals surface area contributed by atoms with Gasteiger partial charge >= 0.3 is 0 Å². The number of phenols is 1. The number of amides is 1. The number of carbonyl (C=O) groups is 1. The van der Waals surface area contributed by atoms with Crippen LogP contribution in [0.25, 0.3) is 0 Å². The van der Waals surface area contributed by atoms with Gasteiger partial charge in [-0.15, -0.1) is 11.3 Å². The van der Waals surface area contributed by atoms with E-state index in [-0.39, 0.29) is 11.7 Å². The lowest BCUT2D eigenvalue weighted by Gasteiger charge is -2.01. The van der Waals surface area contributed by atoms with Crippen molar-refractivity contribution in [3.8, 4) is 5.75 Å². The summed E-state index contributed by atoms with van der Waals surface area (Å²) >= 11 is 1.31. The molecule has 0 saturated carbocycles. The number of anilines is 1. The van der Waals surface area contributed by atoms with Crippen molar-refractivity contribution < 1.29 is 9.90 Å². The molecule has 2 aromatic rings. The van der Waals surface area contributed by atoms with E-state index in [0.29, 0.717) is 22.1 Å². The number of nitrogens with two attached hydrogens (primary N) is 1. The number of hydrogen-bond donors (Lipinski definition) is 3. The Morgan fingerprint density at radius 1 is 1.42 bits per heavy atom. The van der Waals surface area contributed by atoms with Crippen molar-refractivity contribution in [3.63, 3.8) is 0 Å². The molecule has 1 heterocycles. The number of rotatable bonds is 3. The van der Waals surface area contributed by atoms with E-state index in [9.17, 15) is 4.79 Å². The third kappa shape index (κ3) is 3.29. The first-order valence-electron chi connectivity index (χ1n) is 5.41. The molecule has 0 unspecified atom stereocenters. The van der Waals surface area contributed by atoms with Gasteiger partial charge in [-0.1, -0.05) is 0 Å². The second kappa shape index (κ2) is 5.49. The Morgan fingerprint density at radius 3 is 2.68 bits per heavy atom. The van der Waals surface area contributed by atoms with Crippen LogP contribution >= 0.6 is 11.3 Å². The zero-order chi connectivity index (χ0) is 13.8. The number of thiazole rings is 1. The molecule has 1 aromatic carbocycles. The molecule has 0 aliphatic rings. The summed E-state index contributed by atoms with van der Waals surface area (Å²) in [4.78, 5) is 15.8. The number of nitrogens with one attached hydrogen (secondary N) is 1. The number of carbonyl (C=O) groups excluding carboxylic acids is 1. The first-order valence-corrected chi connectivity index (χ1v) is 6.29. The number of nitrogens with zero attached hydrogens (tertiary/aromatic N) is 2. The first-order chi connectivity index (χ1) is 9.06. The van der Waals surface area contributed by atoms with Gasteiger partial charge in [0.2, 0.25) is 0 Å². The van der Waals surface area contributed by atoms with Gasteiger partial charge in [0.15, 0.2) is 5.13 Å². The lowest BCUT2D eigenvalue weighted by Crippen LogP contribution is -2.19. The van der Waals surface area contributed by atoms with Crippen LogP contribution in [0, 0.1) is 0 Å². The normalized spacial score (nSPS) is 11.3. The van der Waals surface area contributed by atoms with Crippen LogP contribution in [0.2, 0.25) is 0 Å². The van der Waals surface area contributed by atoms with E-state index < -0.39 is 0 Å². The monoisotopic (exact) mass is 276 g/mol. The van der Waals surface area contributed by atoms with Crippen LogP contribution in [0.1, 0.15) is 23.0 Å². The molecule has 1 amide bonds. The molecule has 1 aromatic heterocycles. The molecule has 19 heavy (non-hydrogen) atoms. The molecule has 0 radical (unpaired) electrons. The molecule has 0 spiro atoms. The van der Waals surface area contributed by atoms with Gasteiger partial charge < -0.3 is 10.8 Å². The molecule has 0 saturated heterocycles. The summed E-state index contributed by atoms with van der Waals surface area (Å²) < 4.78 is 0. The third-order valence-electron chi connectivity index (χ3n) is 2.35. The van der Waals surface area contributed by atoms with Crippen LogP contribution in [0.3, 0.4) is 0 Å². The molecule has 7 heteroatoms. The van der Waals surface area contributed by atoms with Gasteiger partial charge in [-0.2, -0.15) is 5.10 Å². The first kappa shape index (κ1) is 13.0. The van der Waals surface area contributed by atoms with E-state index in [1.54, 1.807) is 12.3 Å². The van der Waals surface area contributed by atoms with Crippen molar-refractivity contribution in [2.24, 2.45) is 5.10 Å². The average molecular weight is 276 g/mol. The number of aromatic nitrogens is 1. The van der Waals surface area contributed by atoms with Crippen LogP contribution < -0.4 is 11.2 Å². The zero-order valence-corrected chi connectivity index (χ0v) is 10.9. The highest BCUT2D eigenvalue weighted by Gasteiger charge is 2.06. The fourth-order valence-electron chi connectivity index (χ4n) is 1.32. The van der Waals surface area contributed by atoms with Gasteiger partial charge in [0.1, 0.15) is 5.75 Å².